The highest BCUT2D eigenvalue weighted by Crippen LogP contribution is 2.31. The number of amides is 1. The topological polar surface area (TPSA) is 149 Å². The van der Waals surface area contributed by atoms with Gasteiger partial charge < -0.3 is 24.0 Å². The number of hydrogen-bond acceptors (Lipinski definition) is 11. The lowest BCUT2D eigenvalue weighted by molar-refractivity contribution is 0.0209. The van der Waals surface area contributed by atoms with Crippen LogP contribution in [0.5, 0.6) is 5.88 Å². The molecule has 2 atom stereocenters. The van der Waals surface area contributed by atoms with Gasteiger partial charge in [0.2, 0.25) is 11.8 Å². The Kier molecular flexibility index (Phi) is 9.18. The molecule has 0 radical (unpaired) electrons. The van der Waals surface area contributed by atoms with Crippen LogP contribution in [0, 0.1) is 13.8 Å². The molecule has 0 spiro atoms. The molecule has 49 heavy (non-hydrogen) atoms. The highest BCUT2D eigenvalue weighted by molar-refractivity contribution is 7.92. The van der Waals surface area contributed by atoms with Crippen molar-refractivity contribution in [1.29, 1.82) is 0 Å². The van der Waals surface area contributed by atoms with E-state index in [1.165, 1.54) is 12.1 Å². The molecule has 1 saturated carbocycles. The van der Waals surface area contributed by atoms with Crippen molar-refractivity contribution >= 4 is 27.7 Å². The summed E-state index contributed by atoms with van der Waals surface area (Å²) in [6.07, 6.45) is 6.37. The fourth-order valence-corrected chi connectivity index (χ4v) is 7.17. The van der Waals surface area contributed by atoms with E-state index in [9.17, 15) is 13.2 Å². The highest BCUT2D eigenvalue weighted by atomic mass is 32.2. The zero-order valence-electron chi connectivity index (χ0n) is 27.7. The molecule has 2 fully saturated rings. The number of aromatic nitrogens is 4. The molecule has 1 amide bonds. The summed E-state index contributed by atoms with van der Waals surface area (Å²) in [6.45, 7) is 5.65. The van der Waals surface area contributed by atoms with Crippen LogP contribution in [0.4, 0.5) is 11.8 Å². The maximum absolute atomic E-state index is 14.4. The minimum absolute atomic E-state index is 0.0166. The summed E-state index contributed by atoms with van der Waals surface area (Å²) in [7, 11) is -2.51. The third-order valence-electron chi connectivity index (χ3n) is 9.03. The van der Waals surface area contributed by atoms with E-state index in [1.54, 1.807) is 42.6 Å². The standard InChI is InChI=1S/C35H39N7O6S/c1-22-6-4-7-23(2)33(22)30-15-32-39-35(38-30)40-49(44,45)29-9-5-8-24(14-29)34(43)42(27(21-48-32)20-47-28-10-11-28)18-25-16-36-17-31(37-25)41-13-12-26(41)19-46-3/h4-9,14-17,26-28H,10-13,18-21H2,1-3H3,(H,38,39,40)/t26-,27+/m0/s1. The molecule has 14 heteroatoms. The monoisotopic (exact) mass is 685 g/mol. The van der Waals surface area contributed by atoms with Crippen LogP contribution in [0.1, 0.15) is 46.4 Å². The van der Waals surface area contributed by atoms with Gasteiger partial charge >= 0.3 is 0 Å². The third kappa shape index (κ3) is 7.21. The summed E-state index contributed by atoms with van der Waals surface area (Å²) >= 11 is 0. The number of fused-ring (bicyclic) bond motifs is 4. The van der Waals surface area contributed by atoms with Crippen LogP contribution >= 0.6 is 0 Å². The number of carbonyl (C=O) groups is 1. The van der Waals surface area contributed by atoms with Crippen molar-refractivity contribution in [3.63, 3.8) is 0 Å². The molecule has 0 unspecified atom stereocenters. The van der Waals surface area contributed by atoms with Crippen molar-refractivity contribution in [3.8, 4) is 17.1 Å². The molecule has 2 aromatic heterocycles. The molecule has 1 N–H and O–H groups in total. The van der Waals surface area contributed by atoms with Crippen molar-refractivity contribution in [2.75, 3.05) is 43.1 Å². The Morgan fingerprint density at radius 3 is 2.49 bits per heavy atom. The van der Waals surface area contributed by atoms with Gasteiger partial charge in [-0.25, -0.2) is 23.1 Å². The molecule has 2 aliphatic heterocycles. The lowest BCUT2D eigenvalue weighted by Crippen LogP contribution is -2.51. The number of anilines is 2. The van der Waals surface area contributed by atoms with Crippen molar-refractivity contribution in [2.24, 2.45) is 0 Å². The van der Waals surface area contributed by atoms with Gasteiger partial charge in [0, 0.05) is 30.8 Å². The normalized spacial score (nSPS) is 20.3. The van der Waals surface area contributed by atoms with Crippen LogP contribution in [-0.4, -0.2) is 90.8 Å². The number of ether oxygens (including phenoxy) is 3. The van der Waals surface area contributed by atoms with E-state index in [0.717, 1.165) is 42.5 Å². The quantitative estimate of drug-likeness (QED) is 0.271. The summed E-state index contributed by atoms with van der Waals surface area (Å²) in [4.78, 5) is 36.5. The number of benzene rings is 2. The number of carbonyl (C=O) groups excluding carboxylic acids is 1. The van der Waals surface area contributed by atoms with Crippen molar-refractivity contribution in [3.05, 3.63) is 83.3 Å². The number of methoxy groups -OCH3 is 1. The first-order valence-electron chi connectivity index (χ1n) is 16.4. The largest absolute Gasteiger partial charge is 0.475 e. The van der Waals surface area contributed by atoms with Crippen LogP contribution in [0.15, 0.2) is 65.8 Å². The van der Waals surface area contributed by atoms with E-state index in [0.29, 0.717) is 23.8 Å². The molecule has 4 bridgehead atoms. The smallest absolute Gasteiger partial charge is 0.264 e. The maximum atomic E-state index is 14.4. The van der Waals surface area contributed by atoms with Gasteiger partial charge in [0.15, 0.2) is 0 Å². The van der Waals surface area contributed by atoms with Gasteiger partial charge in [-0.3, -0.25) is 9.78 Å². The Bertz CT molecular complexity index is 1950. The Morgan fingerprint density at radius 2 is 1.76 bits per heavy atom. The zero-order chi connectivity index (χ0) is 34.1. The first-order valence-corrected chi connectivity index (χ1v) is 17.9. The molecule has 13 nitrogen and oxygen atoms in total. The van der Waals surface area contributed by atoms with Crippen LogP contribution < -0.4 is 14.4 Å². The number of rotatable bonds is 9. The molecule has 1 aliphatic carbocycles. The van der Waals surface area contributed by atoms with E-state index >= 15 is 0 Å². The van der Waals surface area contributed by atoms with Crippen molar-refractivity contribution in [2.45, 2.75) is 62.7 Å². The number of hydrogen-bond donors (Lipinski definition) is 1. The maximum Gasteiger partial charge on any atom is 0.264 e. The molecule has 4 aromatic rings. The highest BCUT2D eigenvalue weighted by Gasteiger charge is 2.33. The first kappa shape index (κ1) is 32.9. The fourth-order valence-electron chi connectivity index (χ4n) is 6.18. The summed E-state index contributed by atoms with van der Waals surface area (Å²) in [5.41, 5.74) is 4.04. The van der Waals surface area contributed by atoms with E-state index in [1.807, 2.05) is 32.0 Å². The molecule has 256 valence electrons. The molecule has 7 rings (SSSR count). The SMILES string of the molecule is COC[C@@H]1CCN1c1cncc(CN2C(=O)c3cccc(c3)S(=O)(=O)Nc3nc(cc(-c4c(C)cccc4C)n3)OC[C@H]2COC2CC2)n1. The minimum Gasteiger partial charge on any atom is -0.475 e. The Balaban J connectivity index is 1.30. The van der Waals surface area contributed by atoms with E-state index in [4.69, 9.17) is 19.2 Å². The number of nitrogens with zero attached hydrogens (tertiary/aromatic N) is 6. The van der Waals surface area contributed by atoms with Gasteiger partial charge in [-0.1, -0.05) is 24.3 Å². The average Bonchev–Trinajstić information content (AvgIpc) is 3.90. The summed E-state index contributed by atoms with van der Waals surface area (Å²) in [5, 5.41) is 0. The first-order chi connectivity index (χ1) is 23.7. The second kappa shape index (κ2) is 13.7. The lowest BCUT2D eigenvalue weighted by Gasteiger charge is -2.41. The van der Waals surface area contributed by atoms with Gasteiger partial charge in [0.1, 0.15) is 12.4 Å². The predicted molar refractivity (Wildman–Crippen MR) is 182 cm³/mol. The van der Waals surface area contributed by atoms with E-state index in [2.05, 4.69) is 24.6 Å². The second-order valence-corrected chi connectivity index (χ2v) is 14.4. The summed E-state index contributed by atoms with van der Waals surface area (Å²) in [6, 6.07) is 13.1. The molecule has 4 heterocycles. The molecule has 1 saturated heterocycles. The predicted octanol–water partition coefficient (Wildman–Crippen LogP) is 4.16. The molecule has 3 aliphatic rings. The van der Waals surface area contributed by atoms with E-state index in [-0.39, 0.29) is 54.2 Å². The minimum atomic E-state index is -4.19. The third-order valence-corrected chi connectivity index (χ3v) is 10.4. The molecule has 2 aromatic carbocycles. The van der Waals surface area contributed by atoms with Gasteiger partial charge in [-0.05, 0) is 62.4 Å². The molecular weight excluding hydrogens is 646 g/mol. The van der Waals surface area contributed by atoms with Crippen LogP contribution in [0.25, 0.3) is 11.3 Å². The second-order valence-electron chi connectivity index (χ2n) is 12.7. The lowest BCUT2D eigenvalue weighted by atomic mass is 10.00. The van der Waals surface area contributed by atoms with Gasteiger partial charge in [-0.2, -0.15) is 4.98 Å². The van der Waals surface area contributed by atoms with Crippen molar-refractivity contribution in [1.82, 2.24) is 24.8 Å². The van der Waals surface area contributed by atoms with Crippen LogP contribution in [-0.2, 0) is 26.0 Å². The van der Waals surface area contributed by atoms with Gasteiger partial charge in [-0.15, -0.1) is 0 Å². The zero-order valence-corrected chi connectivity index (χ0v) is 28.5. The Labute approximate surface area is 285 Å². The van der Waals surface area contributed by atoms with Crippen LogP contribution in [0.2, 0.25) is 0 Å². The number of nitrogens with one attached hydrogen (secondary N) is 1. The van der Waals surface area contributed by atoms with Gasteiger partial charge in [0.05, 0.1) is 66.6 Å². The van der Waals surface area contributed by atoms with Crippen LogP contribution in [0.3, 0.4) is 0 Å². The average molecular weight is 686 g/mol. The molecular formula is C35H39N7O6S. The Hall–Kier alpha value is -4.66. The number of sulfonamides is 1. The van der Waals surface area contributed by atoms with Crippen molar-refractivity contribution < 1.29 is 27.4 Å². The van der Waals surface area contributed by atoms with E-state index < -0.39 is 22.0 Å². The number of aryl methyl sites for hydroxylation is 2. The fraction of sp³-hybridized carbons (Fsp3) is 0.400. The summed E-state index contributed by atoms with van der Waals surface area (Å²) in [5.74, 6) is 0.326. The summed E-state index contributed by atoms with van der Waals surface area (Å²) < 4.78 is 47.8. The van der Waals surface area contributed by atoms with Gasteiger partial charge in [0.25, 0.3) is 15.9 Å². The Morgan fingerprint density at radius 1 is 0.959 bits per heavy atom.